The Balaban J connectivity index is 2.02. The van der Waals surface area contributed by atoms with Crippen LogP contribution in [0.3, 0.4) is 0 Å². The van der Waals surface area contributed by atoms with Crippen molar-refractivity contribution >= 4 is 39.2 Å². The number of anilines is 1. The van der Waals surface area contributed by atoms with Gasteiger partial charge in [0.1, 0.15) is 0 Å². The van der Waals surface area contributed by atoms with Gasteiger partial charge in [0, 0.05) is 24.7 Å². The summed E-state index contributed by atoms with van der Waals surface area (Å²) in [4.78, 5) is 24.0. The first-order valence-electron chi connectivity index (χ1n) is 7.36. The maximum atomic E-state index is 12.3. The number of sulfonamides is 1. The average molecular weight is 375 g/mol. The zero-order valence-electron chi connectivity index (χ0n) is 13.4. The molecule has 0 atom stereocenters. The first-order chi connectivity index (χ1) is 11.2. The molecule has 132 valence electrons. The van der Waals surface area contributed by atoms with Crippen LogP contribution in [-0.4, -0.2) is 51.1 Å². The molecule has 1 aromatic carbocycles. The largest absolute Gasteiger partial charge is 0.465 e. The number of carbonyl (C=O) groups excluding carboxylic acids is 2. The van der Waals surface area contributed by atoms with Gasteiger partial charge in [-0.2, -0.15) is 0 Å². The van der Waals surface area contributed by atoms with E-state index in [1.807, 2.05) is 0 Å². The number of halogens is 1. The van der Waals surface area contributed by atoms with Crippen molar-refractivity contribution in [3.05, 3.63) is 28.8 Å². The zero-order chi connectivity index (χ0) is 17.9. The smallest absolute Gasteiger partial charge is 0.339 e. The van der Waals surface area contributed by atoms with Gasteiger partial charge in [0.15, 0.2) is 0 Å². The lowest BCUT2D eigenvalue weighted by Crippen LogP contribution is -2.40. The normalized spacial score (nSPS) is 16.6. The molecule has 1 fully saturated rings. The fourth-order valence-electron chi connectivity index (χ4n) is 2.56. The summed E-state index contributed by atoms with van der Waals surface area (Å²) in [6.45, 7) is 0.649. The van der Waals surface area contributed by atoms with Crippen molar-refractivity contribution in [1.29, 1.82) is 0 Å². The quantitative estimate of drug-likeness (QED) is 0.810. The van der Waals surface area contributed by atoms with Gasteiger partial charge in [-0.15, -0.1) is 0 Å². The highest BCUT2D eigenvalue weighted by Gasteiger charge is 2.29. The lowest BCUT2D eigenvalue weighted by atomic mass is 9.97. The topological polar surface area (TPSA) is 92.8 Å². The third-order valence-electron chi connectivity index (χ3n) is 3.93. The minimum atomic E-state index is -3.22. The van der Waals surface area contributed by atoms with Crippen LogP contribution in [0, 0.1) is 5.92 Å². The lowest BCUT2D eigenvalue weighted by Gasteiger charge is -2.29. The maximum Gasteiger partial charge on any atom is 0.339 e. The molecule has 0 spiro atoms. The van der Waals surface area contributed by atoms with Crippen LogP contribution >= 0.6 is 11.6 Å². The molecule has 0 aromatic heterocycles. The first-order valence-corrected chi connectivity index (χ1v) is 9.59. The molecule has 1 saturated heterocycles. The highest BCUT2D eigenvalue weighted by Crippen LogP contribution is 2.24. The van der Waals surface area contributed by atoms with Crippen molar-refractivity contribution < 1.29 is 22.7 Å². The Hall–Kier alpha value is -1.64. The third-order valence-corrected chi connectivity index (χ3v) is 5.57. The predicted octanol–water partition coefficient (Wildman–Crippen LogP) is 1.74. The molecule has 7 nitrogen and oxygen atoms in total. The van der Waals surface area contributed by atoms with Crippen LogP contribution in [0.5, 0.6) is 0 Å². The molecule has 1 aliphatic heterocycles. The van der Waals surface area contributed by atoms with Crippen molar-refractivity contribution in [2.45, 2.75) is 12.8 Å². The minimum absolute atomic E-state index is 0.170. The number of nitrogens with one attached hydrogen (secondary N) is 1. The summed E-state index contributed by atoms with van der Waals surface area (Å²) in [5.41, 5.74) is 0.610. The van der Waals surface area contributed by atoms with Gasteiger partial charge in [0.25, 0.3) is 0 Å². The summed E-state index contributed by atoms with van der Waals surface area (Å²) in [7, 11) is -1.97. The Morgan fingerprint density at radius 2 is 1.92 bits per heavy atom. The Labute approximate surface area is 146 Å². The predicted molar refractivity (Wildman–Crippen MR) is 90.6 cm³/mol. The number of methoxy groups -OCH3 is 1. The number of carbonyl (C=O) groups is 2. The van der Waals surface area contributed by atoms with Crippen molar-refractivity contribution in [3.63, 3.8) is 0 Å². The van der Waals surface area contributed by atoms with E-state index in [-0.39, 0.29) is 22.4 Å². The number of ether oxygens (including phenoxy) is 1. The fraction of sp³-hybridized carbons (Fsp3) is 0.467. The van der Waals surface area contributed by atoms with Crippen LogP contribution in [0.4, 0.5) is 5.69 Å². The first kappa shape index (κ1) is 18.7. The Kier molecular flexibility index (Phi) is 5.84. The van der Waals surface area contributed by atoms with E-state index in [4.69, 9.17) is 11.6 Å². The number of hydrogen-bond acceptors (Lipinski definition) is 5. The van der Waals surface area contributed by atoms with E-state index < -0.39 is 16.0 Å². The zero-order valence-corrected chi connectivity index (χ0v) is 15.0. The van der Waals surface area contributed by atoms with Crippen LogP contribution in [0.15, 0.2) is 18.2 Å². The van der Waals surface area contributed by atoms with Crippen LogP contribution in [0.1, 0.15) is 23.2 Å². The highest BCUT2D eigenvalue weighted by atomic mass is 35.5. The molecule has 1 aromatic rings. The minimum Gasteiger partial charge on any atom is -0.465 e. The van der Waals surface area contributed by atoms with Crippen molar-refractivity contribution in [2.24, 2.45) is 5.92 Å². The van der Waals surface area contributed by atoms with E-state index in [9.17, 15) is 18.0 Å². The number of piperidine rings is 1. The van der Waals surface area contributed by atoms with Crippen LogP contribution in [-0.2, 0) is 19.6 Å². The summed E-state index contributed by atoms with van der Waals surface area (Å²) in [6.07, 6.45) is 2.07. The van der Waals surface area contributed by atoms with Crippen molar-refractivity contribution in [2.75, 3.05) is 31.8 Å². The van der Waals surface area contributed by atoms with E-state index in [2.05, 4.69) is 10.1 Å². The Morgan fingerprint density at radius 1 is 1.29 bits per heavy atom. The SMILES string of the molecule is COC(=O)c1cc(NC(=O)C2CCN(S(C)(=O)=O)CC2)ccc1Cl. The summed E-state index contributed by atoms with van der Waals surface area (Å²) in [5.74, 6) is -1.07. The van der Waals surface area contributed by atoms with Gasteiger partial charge < -0.3 is 10.1 Å². The van der Waals surface area contributed by atoms with Crippen LogP contribution in [0.2, 0.25) is 5.02 Å². The molecule has 1 aliphatic rings. The number of rotatable bonds is 4. The van der Waals surface area contributed by atoms with E-state index >= 15 is 0 Å². The molecule has 0 aliphatic carbocycles. The second kappa shape index (κ2) is 7.50. The molecular formula is C15H19ClN2O5S. The van der Waals surface area contributed by atoms with Gasteiger partial charge in [0.05, 0.1) is 24.0 Å². The molecule has 2 rings (SSSR count). The van der Waals surface area contributed by atoms with Gasteiger partial charge in [-0.25, -0.2) is 17.5 Å². The van der Waals surface area contributed by atoms with Gasteiger partial charge >= 0.3 is 5.97 Å². The molecule has 1 amide bonds. The molecule has 0 radical (unpaired) electrons. The second-order valence-electron chi connectivity index (χ2n) is 5.61. The molecule has 9 heteroatoms. The maximum absolute atomic E-state index is 12.3. The number of esters is 1. The summed E-state index contributed by atoms with van der Waals surface area (Å²) in [5, 5.41) is 2.98. The lowest BCUT2D eigenvalue weighted by molar-refractivity contribution is -0.120. The van der Waals surface area contributed by atoms with Crippen LogP contribution < -0.4 is 5.32 Å². The molecule has 0 bridgehead atoms. The van der Waals surface area contributed by atoms with E-state index in [1.165, 1.54) is 23.5 Å². The summed E-state index contributed by atoms with van der Waals surface area (Å²) in [6, 6.07) is 4.56. The van der Waals surface area contributed by atoms with Crippen LogP contribution in [0.25, 0.3) is 0 Å². The summed E-state index contributed by atoms with van der Waals surface area (Å²) < 4.78 is 29.0. The van der Waals surface area contributed by atoms with Gasteiger partial charge in [-0.05, 0) is 31.0 Å². The van der Waals surface area contributed by atoms with Crippen molar-refractivity contribution in [1.82, 2.24) is 4.31 Å². The van der Waals surface area contributed by atoms with E-state index in [1.54, 1.807) is 6.07 Å². The molecular weight excluding hydrogens is 356 g/mol. The van der Waals surface area contributed by atoms with Gasteiger partial charge in [-0.1, -0.05) is 11.6 Å². The number of nitrogens with zero attached hydrogens (tertiary/aromatic N) is 1. The third kappa shape index (κ3) is 4.46. The second-order valence-corrected chi connectivity index (χ2v) is 8.00. The number of benzene rings is 1. The monoisotopic (exact) mass is 374 g/mol. The fourth-order valence-corrected chi connectivity index (χ4v) is 3.63. The Morgan fingerprint density at radius 3 is 2.46 bits per heavy atom. The molecule has 0 saturated carbocycles. The highest BCUT2D eigenvalue weighted by molar-refractivity contribution is 7.88. The molecule has 24 heavy (non-hydrogen) atoms. The Bertz CT molecular complexity index is 742. The van der Waals surface area contributed by atoms with Gasteiger partial charge in [0.2, 0.25) is 15.9 Å². The number of hydrogen-bond donors (Lipinski definition) is 1. The van der Waals surface area contributed by atoms with Gasteiger partial charge in [-0.3, -0.25) is 4.79 Å². The average Bonchev–Trinajstić information content (AvgIpc) is 2.55. The standard InChI is InChI=1S/C15H19ClN2O5S/c1-23-15(20)12-9-11(3-4-13(12)16)17-14(19)10-5-7-18(8-6-10)24(2,21)22/h3-4,9-10H,5-8H2,1-2H3,(H,17,19). The molecule has 0 unspecified atom stereocenters. The number of amides is 1. The van der Waals surface area contributed by atoms with Crippen molar-refractivity contribution in [3.8, 4) is 0 Å². The van der Waals surface area contributed by atoms with E-state index in [0.29, 0.717) is 31.6 Å². The summed E-state index contributed by atoms with van der Waals surface area (Å²) >= 11 is 5.94. The molecule has 1 N–H and O–H groups in total. The van der Waals surface area contributed by atoms with E-state index in [0.717, 1.165) is 6.26 Å². The molecule has 1 heterocycles.